The van der Waals surface area contributed by atoms with E-state index in [0.717, 1.165) is 38.5 Å². The van der Waals surface area contributed by atoms with Crippen LogP contribution in [0.15, 0.2) is 0 Å². The van der Waals surface area contributed by atoms with E-state index in [0.29, 0.717) is 26.2 Å². The van der Waals surface area contributed by atoms with Crippen molar-refractivity contribution in [1.29, 1.82) is 0 Å². The Morgan fingerprint density at radius 1 is 1.43 bits per heavy atom. The first-order valence-electron chi connectivity index (χ1n) is 8.20. The molecule has 5 heteroatoms. The van der Waals surface area contributed by atoms with Gasteiger partial charge in [-0.3, -0.25) is 9.59 Å². The molecule has 1 aliphatic carbocycles. The molecule has 2 amide bonds. The van der Waals surface area contributed by atoms with Crippen LogP contribution in [0.2, 0.25) is 0 Å². The van der Waals surface area contributed by atoms with Crippen molar-refractivity contribution in [3.63, 3.8) is 0 Å². The molecule has 2 fully saturated rings. The Bertz CT molecular complexity index is 378. The summed E-state index contributed by atoms with van der Waals surface area (Å²) >= 11 is 0. The van der Waals surface area contributed by atoms with Crippen molar-refractivity contribution >= 4 is 11.8 Å². The van der Waals surface area contributed by atoms with Gasteiger partial charge in [0.05, 0.1) is 5.41 Å². The molecule has 0 aromatic carbocycles. The van der Waals surface area contributed by atoms with Gasteiger partial charge in [-0.25, -0.2) is 0 Å². The Balaban J connectivity index is 1.91. The van der Waals surface area contributed by atoms with Crippen LogP contribution in [0, 0.1) is 5.41 Å². The summed E-state index contributed by atoms with van der Waals surface area (Å²) < 4.78 is 5.46. The fourth-order valence-corrected chi connectivity index (χ4v) is 3.52. The molecule has 5 nitrogen and oxygen atoms in total. The number of nitrogens with zero attached hydrogens (tertiary/aromatic N) is 1. The molecular weight excluding hydrogens is 268 g/mol. The molecule has 1 N–H and O–H groups in total. The maximum atomic E-state index is 12.7. The number of nitrogens with one attached hydrogen (secondary N) is 1. The second kappa shape index (κ2) is 7.25. The number of hydrogen-bond acceptors (Lipinski definition) is 3. The third-order valence-corrected chi connectivity index (χ3v) is 4.93. The highest BCUT2D eigenvalue weighted by Gasteiger charge is 2.41. The third-order valence-electron chi connectivity index (χ3n) is 4.93. The number of likely N-dealkylation sites (tertiary alicyclic amines) is 1. The van der Waals surface area contributed by atoms with Gasteiger partial charge in [-0.15, -0.1) is 0 Å². The first kappa shape index (κ1) is 16.3. The van der Waals surface area contributed by atoms with E-state index >= 15 is 0 Å². The van der Waals surface area contributed by atoms with Gasteiger partial charge in [0.15, 0.2) is 0 Å². The second-order valence-corrected chi connectivity index (χ2v) is 6.42. The van der Waals surface area contributed by atoms with E-state index in [1.54, 1.807) is 11.9 Å². The lowest BCUT2D eigenvalue weighted by atomic mass is 9.81. The van der Waals surface area contributed by atoms with Crippen LogP contribution >= 0.6 is 0 Å². The minimum absolute atomic E-state index is 0.102. The number of piperidine rings is 1. The van der Waals surface area contributed by atoms with Crippen molar-refractivity contribution in [1.82, 2.24) is 10.2 Å². The summed E-state index contributed by atoms with van der Waals surface area (Å²) in [6, 6.07) is 0.102. The van der Waals surface area contributed by atoms with Gasteiger partial charge in [-0.1, -0.05) is 12.8 Å². The topological polar surface area (TPSA) is 58.6 Å². The van der Waals surface area contributed by atoms with Crippen LogP contribution in [0.1, 0.15) is 51.9 Å². The van der Waals surface area contributed by atoms with Crippen molar-refractivity contribution in [3.05, 3.63) is 0 Å². The van der Waals surface area contributed by atoms with Gasteiger partial charge >= 0.3 is 0 Å². The Morgan fingerprint density at radius 2 is 2.14 bits per heavy atom. The molecule has 0 aromatic rings. The van der Waals surface area contributed by atoms with E-state index < -0.39 is 0 Å². The zero-order valence-electron chi connectivity index (χ0n) is 13.3. The number of likely N-dealkylation sites (N-methyl/N-ethyl adjacent to an activating group) is 1. The Labute approximate surface area is 127 Å². The molecule has 2 rings (SSSR count). The molecule has 2 aliphatic rings. The largest absolute Gasteiger partial charge is 0.382 e. The summed E-state index contributed by atoms with van der Waals surface area (Å²) in [5.41, 5.74) is -0.241. The summed E-state index contributed by atoms with van der Waals surface area (Å²) in [5, 5.41) is 3.19. The minimum atomic E-state index is -0.241. The van der Waals surface area contributed by atoms with Gasteiger partial charge < -0.3 is 15.0 Å². The van der Waals surface area contributed by atoms with Crippen molar-refractivity contribution < 1.29 is 14.3 Å². The van der Waals surface area contributed by atoms with Gasteiger partial charge in [0.25, 0.3) is 0 Å². The Morgan fingerprint density at radius 3 is 2.76 bits per heavy atom. The average molecular weight is 296 g/mol. The summed E-state index contributed by atoms with van der Waals surface area (Å²) in [7, 11) is 1.81. The number of ether oxygens (including phenoxy) is 1. The maximum Gasteiger partial charge on any atom is 0.226 e. The highest BCUT2D eigenvalue weighted by atomic mass is 16.5. The number of hydrogen-bond donors (Lipinski definition) is 1. The van der Waals surface area contributed by atoms with Crippen LogP contribution in [-0.2, 0) is 14.3 Å². The second-order valence-electron chi connectivity index (χ2n) is 6.42. The van der Waals surface area contributed by atoms with Crippen LogP contribution in [0.4, 0.5) is 0 Å². The van der Waals surface area contributed by atoms with Gasteiger partial charge in [0, 0.05) is 39.3 Å². The van der Waals surface area contributed by atoms with Crippen LogP contribution in [-0.4, -0.2) is 49.6 Å². The van der Waals surface area contributed by atoms with Crippen LogP contribution < -0.4 is 5.32 Å². The van der Waals surface area contributed by atoms with Crippen molar-refractivity contribution in [3.8, 4) is 0 Å². The molecule has 120 valence electrons. The highest BCUT2D eigenvalue weighted by molar-refractivity contribution is 5.84. The lowest BCUT2D eigenvalue weighted by Gasteiger charge is -2.34. The lowest BCUT2D eigenvalue weighted by molar-refractivity contribution is -0.137. The van der Waals surface area contributed by atoms with Crippen LogP contribution in [0.25, 0.3) is 0 Å². The van der Waals surface area contributed by atoms with Gasteiger partial charge in [-0.05, 0) is 32.6 Å². The van der Waals surface area contributed by atoms with Crippen molar-refractivity contribution in [2.45, 2.75) is 57.9 Å². The molecule has 1 aliphatic heterocycles. The summed E-state index contributed by atoms with van der Waals surface area (Å²) in [4.78, 5) is 26.0. The normalized spacial score (nSPS) is 25.1. The van der Waals surface area contributed by atoms with Gasteiger partial charge in [0.2, 0.25) is 11.8 Å². The molecule has 1 atom stereocenters. The molecule has 0 aromatic heterocycles. The Kier molecular flexibility index (Phi) is 5.62. The van der Waals surface area contributed by atoms with Crippen LogP contribution in [0.5, 0.6) is 0 Å². The number of carbonyl (C=O) groups excluding carboxylic acids is 2. The Hall–Kier alpha value is -1.10. The molecule has 21 heavy (non-hydrogen) atoms. The quantitative estimate of drug-likeness (QED) is 0.759. The molecule has 0 bridgehead atoms. The summed E-state index contributed by atoms with van der Waals surface area (Å²) in [5.74, 6) is 0.347. The molecule has 0 unspecified atom stereocenters. The van der Waals surface area contributed by atoms with E-state index in [-0.39, 0.29) is 23.3 Å². The summed E-state index contributed by atoms with van der Waals surface area (Å²) in [6.45, 7) is 3.97. The van der Waals surface area contributed by atoms with E-state index in [9.17, 15) is 9.59 Å². The fraction of sp³-hybridized carbons (Fsp3) is 0.875. The zero-order valence-corrected chi connectivity index (χ0v) is 13.3. The molecule has 1 saturated heterocycles. The highest BCUT2D eigenvalue weighted by Crippen LogP contribution is 2.41. The van der Waals surface area contributed by atoms with E-state index in [4.69, 9.17) is 4.74 Å². The predicted octanol–water partition coefficient (Wildman–Crippen LogP) is 1.71. The van der Waals surface area contributed by atoms with Crippen molar-refractivity contribution in [2.24, 2.45) is 5.41 Å². The van der Waals surface area contributed by atoms with E-state index in [1.807, 2.05) is 6.92 Å². The SMILES string of the molecule is CCOCCC1(C(=O)N[C@H]2CCC(=O)N(C)C2)CCCC1. The molecule has 0 spiro atoms. The first-order chi connectivity index (χ1) is 10.1. The lowest BCUT2D eigenvalue weighted by Crippen LogP contribution is -2.52. The fourth-order valence-electron chi connectivity index (χ4n) is 3.52. The average Bonchev–Trinajstić information content (AvgIpc) is 2.93. The molecule has 0 radical (unpaired) electrons. The van der Waals surface area contributed by atoms with Crippen LogP contribution in [0.3, 0.4) is 0 Å². The standard InChI is InChI=1S/C16H28N2O3/c1-3-21-11-10-16(8-4-5-9-16)15(20)17-13-6-7-14(19)18(2)12-13/h13H,3-12H2,1-2H3,(H,17,20)/t13-/m0/s1. The number of rotatable bonds is 6. The first-order valence-corrected chi connectivity index (χ1v) is 8.20. The molecule has 1 saturated carbocycles. The zero-order chi connectivity index (χ0) is 15.3. The number of carbonyl (C=O) groups is 2. The van der Waals surface area contributed by atoms with Gasteiger partial charge in [0.1, 0.15) is 0 Å². The van der Waals surface area contributed by atoms with E-state index in [1.165, 1.54) is 0 Å². The van der Waals surface area contributed by atoms with Crippen molar-refractivity contribution in [2.75, 3.05) is 26.8 Å². The minimum Gasteiger partial charge on any atom is -0.382 e. The maximum absolute atomic E-state index is 12.7. The van der Waals surface area contributed by atoms with E-state index in [2.05, 4.69) is 5.32 Å². The smallest absolute Gasteiger partial charge is 0.226 e. The molecular formula is C16H28N2O3. The number of amides is 2. The third kappa shape index (κ3) is 3.96. The van der Waals surface area contributed by atoms with Gasteiger partial charge in [-0.2, -0.15) is 0 Å². The monoisotopic (exact) mass is 296 g/mol. The predicted molar refractivity (Wildman–Crippen MR) is 80.8 cm³/mol. The summed E-state index contributed by atoms with van der Waals surface area (Å²) in [6.07, 6.45) is 6.30. The molecule has 1 heterocycles.